The summed E-state index contributed by atoms with van der Waals surface area (Å²) < 4.78 is 36.5. The van der Waals surface area contributed by atoms with Crippen molar-refractivity contribution in [1.29, 1.82) is 0 Å². The summed E-state index contributed by atoms with van der Waals surface area (Å²) in [5.41, 5.74) is 0. The number of halogens is 2. The van der Waals surface area contributed by atoms with E-state index in [0.29, 0.717) is 31.3 Å². The summed E-state index contributed by atoms with van der Waals surface area (Å²) in [6, 6.07) is 0.239. The van der Waals surface area contributed by atoms with Gasteiger partial charge in [-0.3, -0.25) is 14.1 Å². The van der Waals surface area contributed by atoms with Gasteiger partial charge < -0.3 is 10.6 Å². The first kappa shape index (κ1) is 20.3. The Hall–Kier alpha value is -0.760. The van der Waals surface area contributed by atoms with Crippen molar-refractivity contribution in [3.63, 3.8) is 0 Å². The van der Waals surface area contributed by atoms with Crippen molar-refractivity contribution in [2.75, 3.05) is 39.0 Å². The van der Waals surface area contributed by atoms with Crippen LogP contribution < -0.4 is 10.6 Å². The van der Waals surface area contributed by atoms with E-state index in [-0.39, 0.29) is 17.3 Å². The summed E-state index contributed by atoms with van der Waals surface area (Å²) in [4.78, 5) is 5.97. The van der Waals surface area contributed by atoms with Crippen molar-refractivity contribution in [3.8, 4) is 0 Å². The van der Waals surface area contributed by atoms with E-state index >= 15 is 0 Å². The summed E-state index contributed by atoms with van der Waals surface area (Å²) in [5, 5.41) is 6.49. The third-order valence-corrected chi connectivity index (χ3v) is 5.75. The molecule has 5 nitrogen and oxygen atoms in total. The van der Waals surface area contributed by atoms with Crippen LogP contribution in [-0.4, -0.2) is 71.3 Å². The van der Waals surface area contributed by atoms with Gasteiger partial charge in [0.05, 0.1) is 6.54 Å². The average Bonchev–Trinajstić information content (AvgIpc) is 2.46. The second-order valence-electron chi connectivity index (χ2n) is 6.77. The van der Waals surface area contributed by atoms with Crippen molar-refractivity contribution in [1.82, 2.24) is 15.5 Å². The molecule has 1 heterocycles. The summed E-state index contributed by atoms with van der Waals surface area (Å²) in [6.07, 6.45) is -0.625. The van der Waals surface area contributed by atoms with Crippen molar-refractivity contribution < 1.29 is 13.0 Å². The Morgan fingerprint density at radius 3 is 2.43 bits per heavy atom. The smallest absolute Gasteiger partial charge is 0.251 e. The quantitative estimate of drug-likeness (QED) is 0.561. The van der Waals surface area contributed by atoms with E-state index in [0.717, 1.165) is 12.8 Å². The second-order valence-corrected chi connectivity index (χ2v) is 9.10. The Balaban J connectivity index is 2.29. The molecule has 0 radical (unpaired) electrons. The molecule has 0 saturated carbocycles. The van der Waals surface area contributed by atoms with Crippen LogP contribution in [0.15, 0.2) is 4.99 Å². The number of hydrogen-bond acceptors (Lipinski definition) is 3. The predicted octanol–water partition coefficient (Wildman–Crippen LogP) is 1.43. The zero-order chi connectivity index (χ0) is 17.5. The zero-order valence-corrected chi connectivity index (χ0v) is 15.4. The molecule has 0 aliphatic carbocycles. The zero-order valence-electron chi connectivity index (χ0n) is 14.6. The fraction of sp³-hybridized carbons (Fsp3) is 0.933. The molecule has 1 aliphatic rings. The highest BCUT2D eigenvalue weighted by Crippen LogP contribution is 2.12. The van der Waals surface area contributed by atoms with Gasteiger partial charge in [0.1, 0.15) is 0 Å². The topological polar surface area (TPSA) is 56.7 Å². The van der Waals surface area contributed by atoms with Gasteiger partial charge in [-0.15, -0.1) is 0 Å². The minimum Gasteiger partial charge on any atom is -0.355 e. The molecule has 1 rings (SSSR count). The summed E-state index contributed by atoms with van der Waals surface area (Å²) in [6.45, 7) is 7.68. The summed E-state index contributed by atoms with van der Waals surface area (Å²) >= 11 is 0. The highest BCUT2D eigenvalue weighted by atomic mass is 32.2. The second kappa shape index (κ2) is 9.52. The molecule has 0 bridgehead atoms. The number of nitrogens with one attached hydrogen (secondary N) is 2. The Bertz CT molecular complexity index is 405. The first-order valence-corrected chi connectivity index (χ1v) is 9.40. The van der Waals surface area contributed by atoms with Gasteiger partial charge in [-0.2, -0.15) is 0 Å². The fourth-order valence-corrected chi connectivity index (χ4v) is 3.31. The van der Waals surface area contributed by atoms with Crippen LogP contribution in [0.4, 0.5) is 8.78 Å². The van der Waals surface area contributed by atoms with Crippen molar-refractivity contribution >= 4 is 16.8 Å². The molecule has 0 aromatic carbocycles. The SMILES string of the molecule is CN=C(NCCS(=O)C(C)(C)C)NC1CCN(CC(F)F)CC1. The van der Waals surface area contributed by atoms with Crippen LogP contribution in [0, 0.1) is 0 Å². The lowest BCUT2D eigenvalue weighted by molar-refractivity contribution is 0.0744. The molecule has 1 atom stereocenters. The number of nitrogens with zero attached hydrogens (tertiary/aromatic N) is 2. The third kappa shape index (κ3) is 8.06. The molecule has 0 spiro atoms. The molecule has 23 heavy (non-hydrogen) atoms. The molecule has 0 amide bonds. The van der Waals surface area contributed by atoms with Crippen LogP contribution in [0.3, 0.4) is 0 Å². The Kier molecular flexibility index (Phi) is 8.39. The minimum absolute atomic E-state index is 0.141. The fourth-order valence-electron chi connectivity index (χ4n) is 2.41. The van der Waals surface area contributed by atoms with Gasteiger partial charge in [0.15, 0.2) is 5.96 Å². The number of likely N-dealkylation sites (tertiary alicyclic amines) is 1. The first-order chi connectivity index (χ1) is 10.7. The molecule has 0 aromatic rings. The van der Waals surface area contributed by atoms with Gasteiger partial charge in [0.2, 0.25) is 0 Å². The molecule has 2 N–H and O–H groups in total. The van der Waals surface area contributed by atoms with Gasteiger partial charge in [0, 0.05) is 54.0 Å². The van der Waals surface area contributed by atoms with Gasteiger partial charge in [-0.1, -0.05) is 0 Å². The van der Waals surface area contributed by atoms with Gasteiger partial charge >= 0.3 is 0 Å². The molecule has 8 heteroatoms. The number of hydrogen-bond donors (Lipinski definition) is 2. The minimum atomic E-state index is -2.27. The number of piperidine rings is 1. The molecule has 1 saturated heterocycles. The Labute approximate surface area is 140 Å². The Morgan fingerprint density at radius 2 is 1.96 bits per heavy atom. The van der Waals surface area contributed by atoms with E-state index in [2.05, 4.69) is 15.6 Å². The molecular weight excluding hydrogens is 322 g/mol. The number of aliphatic imine (C=N–C) groups is 1. The van der Waals surface area contributed by atoms with Crippen molar-refractivity contribution in [3.05, 3.63) is 0 Å². The molecular formula is C15H30F2N4OS. The van der Waals surface area contributed by atoms with Crippen molar-refractivity contribution in [2.24, 2.45) is 4.99 Å². The van der Waals surface area contributed by atoms with Crippen LogP contribution >= 0.6 is 0 Å². The molecule has 1 unspecified atom stereocenters. The van der Waals surface area contributed by atoms with E-state index in [1.165, 1.54) is 0 Å². The number of rotatable bonds is 6. The highest BCUT2D eigenvalue weighted by molar-refractivity contribution is 7.86. The lowest BCUT2D eigenvalue weighted by Gasteiger charge is -2.32. The van der Waals surface area contributed by atoms with Crippen molar-refractivity contribution in [2.45, 2.75) is 50.8 Å². The standard InChI is InChI=1S/C15H30F2N4OS/c1-15(2,3)23(22)10-7-19-14(18-4)20-12-5-8-21(9-6-12)11-13(16)17/h12-13H,5-11H2,1-4H3,(H2,18,19,20). The van der Waals surface area contributed by atoms with Gasteiger partial charge in [-0.25, -0.2) is 8.78 Å². The van der Waals surface area contributed by atoms with E-state index in [9.17, 15) is 13.0 Å². The maximum atomic E-state index is 12.4. The van der Waals surface area contributed by atoms with Crippen LogP contribution in [-0.2, 0) is 10.8 Å². The average molecular weight is 352 g/mol. The maximum Gasteiger partial charge on any atom is 0.251 e. The highest BCUT2D eigenvalue weighted by Gasteiger charge is 2.22. The molecule has 136 valence electrons. The van der Waals surface area contributed by atoms with Crippen LogP contribution in [0.25, 0.3) is 0 Å². The van der Waals surface area contributed by atoms with Crippen LogP contribution in [0.5, 0.6) is 0 Å². The summed E-state index contributed by atoms with van der Waals surface area (Å²) in [5.74, 6) is 1.25. The molecule has 1 aliphatic heterocycles. The van der Waals surface area contributed by atoms with Crippen LogP contribution in [0.1, 0.15) is 33.6 Å². The van der Waals surface area contributed by atoms with Gasteiger partial charge in [0.25, 0.3) is 6.43 Å². The number of alkyl halides is 2. The normalized spacial score (nSPS) is 19.9. The summed E-state index contributed by atoms with van der Waals surface area (Å²) in [7, 11) is 0.800. The van der Waals surface area contributed by atoms with E-state index < -0.39 is 17.2 Å². The lowest BCUT2D eigenvalue weighted by Crippen LogP contribution is -2.50. The van der Waals surface area contributed by atoms with E-state index in [1.807, 2.05) is 20.8 Å². The van der Waals surface area contributed by atoms with E-state index in [1.54, 1.807) is 11.9 Å². The van der Waals surface area contributed by atoms with Gasteiger partial charge in [-0.05, 0) is 33.6 Å². The first-order valence-electron chi connectivity index (χ1n) is 8.08. The lowest BCUT2D eigenvalue weighted by atomic mass is 10.1. The Morgan fingerprint density at radius 1 is 1.35 bits per heavy atom. The third-order valence-electron chi connectivity index (χ3n) is 3.81. The predicted molar refractivity (Wildman–Crippen MR) is 92.7 cm³/mol. The molecule has 0 aromatic heterocycles. The largest absolute Gasteiger partial charge is 0.355 e. The maximum absolute atomic E-state index is 12.4. The van der Waals surface area contributed by atoms with E-state index in [4.69, 9.17) is 0 Å². The molecule has 1 fully saturated rings. The van der Waals surface area contributed by atoms with Crippen LogP contribution in [0.2, 0.25) is 0 Å². The monoisotopic (exact) mass is 352 g/mol. The number of guanidine groups is 1.